The van der Waals surface area contributed by atoms with Gasteiger partial charge in [-0.05, 0) is 33.1 Å². The number of esters is 2. The van der Waals surface area contributed by atoms with E-state index in [1.807, 2.05) is 0 Å². The van der Waals surface area contributed by atoms with Gasteiger partial charge in [-0.2, -0.15) is 0 Å². The third-order valence-corrected chi connectivity index (χ3v) is 2.97. The van der Waals surface area contributed by atoms with E-state index in [9.17, 15) is 9.59 Å². The lowest BCUT2D eigenvalue weighted by Gasteiger charge is -2.28. The van der Waals surface area contributed by atoms with Gasteiger partial charge in [-0.3, -0.25) is 9.59 Å². The lowest BCUT2D eigenvalue weighted by Crippen LogP contribution is -2.41. The Morgan fingerprint density at radius 2 is 1.89 bits per heavy atom. The van der Waals surface area contributed by atoms with Gasteiger partial charge in [-0.1, -0.05) is 5.16 Å². The summed E-state index contributed by atoms with van der Waals surface area (Å²) >= 11 is 0. The number of ether oxygens (including phenoxy) is 2. The van der Waals surface area contributed by atoms with Crippen LogP contribution in [0.15, 0.2) is 5.16 Å². The molecule has 2 unspecified atom stereocenters. The van der Waals surface area contributed by atoms with Gasteiger partial charge < -0.3 is 14.7 Å². The Morgan fingerprint density at radius 1 is 1.28 bits per heavy atom. The van der Waals surface area contributed by atoms with Gasteiger partial charge >= 0.3 is 11.9 Å². The molecule has 0 bridgehead atoms. The van der Waals surface area contributed by atoms with Crippen LogP contribution >= 0.6 is 0 Å². The molecule has 18 heavy (non-hydrogen) atoms. The van der Waals surface area contributed by atoms with Gasteiger partial charge in [-0.15, -0.1) is 0 Å². The van der Waals surface area contributed by atoms with Gasteiger partial charge in [0.1, 0.15) is 5.92 Å². The van der Waals surface area contributed by atoms with Crippen molar-refractivity contribution in [3.05, 3.63) is 0 Å². The second-order valence-corrected chi connectivity index (χ2v) is 4.07. The van der Waals surface area contributed by atoms with E-state index < -0.39 is 23.8 Å². The van der Waals surface area contributed by atoms with E-state index in [1.165, 1.54) is 0 Å². The molecule has 1 N–H and O–H groups in total. The van der Waals surface area contributed by atoms with E-state index in [4.69, 9.17) is 14.7 Å². The lowest BCUT2D eigenvalue weighted by molar-refractivity contribution is -0.158. The Hall–Kier alpha value is -1.59. The van der Waals surface area contributed by atoms with Crippen LogP contribution in [-0.2, 0) is 19.1 Å². The van der Waals surface area contributed by atoms with Crippen molar-refractivity contribution in [2.45, 2.75) is 33.1 Å². The Morgan fingerprint density at radius 3 is 2.44 bits per heavy atom. The average molecular weight is 257 g/mol. The maximum absolute atomic E-state index is 11.9. The molecule has 0 spiro atoms. The highest BCUT2D eigenvalue weighted by molar-refractivity contribution is 6.05. The number of carbonyl (C=O) groups excluding carboxylic acids is 2. The molecule has 6 nitrogen and oxygen atoms in total. The Labute approximate surface area is 106 Å². The molecule has 1 saturated carbocycles. The summed E-state index contributed by atoms with van der Waals surface area (Å²) in [4.78, 5) is 23.7. The summed E-state index contributed by atoms with van der Waals surface area (Å²) in [5.74, 6) is -2.38. The molecular formula is C12H19NO5. The first kappa shape index (κ1) is 14.5. The minimum absolute atomic E-state index is 0.226. The van der Waals surface area contributed by atoms with Crippen molar-refractivity contribution in [1.29, 1.82) is 0 Å². The van der Waals surface area contributed by atoms with Crippen LogP contribution in [0.5, 0.6) is 0 Å². The van der Waals surface area contributed by atoms with Crippen LogP contribution in [0.2, 0.25) is 0 Å². The molecule has 1 fully saturated rings. The van der Waals surface area contributed by atoms with Crippen LogP contribution in [0.4, 0.5) is 0 Å². The summed E-state index contributed by atoms with van der Waals surface area (Å²) in [5.41, 5.74) is 0.303. The molecule has 2 atom stereocenters. The quantitative estimate of drug-likeness (QED) is 0.467. The molecular weight excluding hydrogens is 238 g/mol. The van der Waals surface area contributed by atoms with Crippen molar-refractivity contribution in [3.63, 3.8) is 0 Å². The summed E-state index contributed by atoms with van der Waals surface area (Å²) in [6.45, 7) is 3.89. The van der Waals surface area contributed by atoms with Gasteiger partial charge in [0.2, 0.25) is 0 Å². The molecule has 0 amide bonds. The summed E-state index contributed by atoms with van der Waals surface area (Å²) in [6, 6.07) is 0. The fourth-order valence-corrected chi connectivity index (χ4v) is 2.21. The van der Waals surface area contributed by atoms with Crippen LogP contribution in [-0.4, -0.2) is 36.1 Å². The molecule has 0 aliphatic heterocycles. The molecule has 102 valence electrons. The fourth-order valence-electron chi connectivity index (χ4n) is 2.21. The molecule has 0 aromatic rings. The third-order valence-electron chi connectivity index (χ3n) is 2.97. The van der Waals surface area contributed by atoms with Crippen LogP contribution in [0.25, 0.3) is 0 Å². The van der Waals surface area contributed by atoms with Crippen molar-refractivity contribution in [3.8, 4) is 0 Å². The summed E-state index contributed by atoms with van der Waals surface area (Å²) in [7, 11) is 0. The SMILES string of the molecule is CCOC(=O)C1CCCC(=NO)C1C(=O)OCC. The Balaban J connectivity index is 2.90. The molecule has 1 rings (SSSR count). The molecule has 0 aromatic carbocycles. The minimum Gasteiger partial charge on any atom is -0.466 e. The minimum atomic E-state index is -0.817. The number of hydrogen-bond acceptors (Lipinski definition) is 6. The normalized spacial score (nSPS) is 25.8. The van der Waals surface area contributed by atoms with E-state index in [2.05, 4.69) is 5.16 Å². The molecule has 0 saturated heterocycles. The predicted octanol–water partition coefficient (Wildman–Crippen LogP) is 1.36. The van der Waals surface area contributed by atoms with Gasteiger partial charge in [0, 0.05) is 0 Å². The van der Waals surface area contributed by atoms with Crippen LogP contribution in [0.1, 0.15) is 33.1 Å². The van der Waals surface area contributed by atoms with Gasteiger partial charge in [0.15, 0.2) is 0 Å². The second kappa shape index (κ2) is 6.98. The Bertz CT molecular complexity index is 339. The zero-order valence-electron chi connectivity index (χ0n) is 10.7. The zero-order chi connectivity index (χ0) is 13.5. The van der Waals surface area contributed by atoms with E-state index >= 15 is 0 Å². The standard InChI is InChI=1S/C12H19NO5/c1-3-17-11(14)8-6-5-7-9(13-16)10(8)12(15)18-4-2/h8,10,16H,3-7H2,1-2H3. The zero-order valence-corrected chi connectivity index (χ0v) is 10.7. The number of hydrogen-bond donors (Lipinski definition) is 1. The maximum Gasteiger partial charge on any atom is 0.315 e. The lowest BCUT2D eigenvalue weighted by atomic mass is 9.77. The molecule has 1 aliphatic carbocycles. The monoisotopic (exact) mass is 257 g/mol. The number of carbonyl (C=O) groups is 2. The second-order valence-electron chi connectivity index (χ2n) is 4.07. The first-order valence-electron chi connectivity index (χ1n) is 6.19. The third kappa shape index (κ3) is 3.21. The van der Waals surface area contributed by atoms with Crippen LogP contribution in [0.3, 0.4) is 0 Å². The average Bonchev–Trinajstić information content (AvgIpc) is 2.38. The highest BCUT2D eigenvalue weighted by Gasteiger charge is 2.42. The van der Waals surface area contributed by atoms with Crippen LogP contribution < -0.4 is 0 Å². The molecule has 0 radical (unpaired) electrons. The number of nitrogens with zero attached hydrogens (tertiary/aromatic N) is 1. The molecule has 0 heterocycles. The van der Waals surface area contributed by atoms with Gasteiger partial charge in [0.05, 0.1) is 24.8 Å². The highest BCUT2D eigenvalue weighted by atomic mass is 16.5. The van der Waals surface area contributed by atoms with Crippen molar-refractivity contribution in [2.24, 2.45) is 17.0 Å². The fraction of sp³-hybridized carbons (Fsp3) is 0.750. The first-order chi connectivity index (χ1) is 8.65. The first-order valence-corrected chi connectivity index (χ1v) is 6.19. The van der Waals surface area contributed by atoms with E-state index in [-0.39, 0.29) is 13.2 Å². The van der Waals surface area contributed by atoms with Gasteiger partial charge in [-0.25, -0.2) is 0 Å². The highest BCUT2D eigenvalue weighted by Crippen LogP contribution is 2.30. The number of rotatable bonds is 4. The van der Waals surface area contributed by atoms with E-state index in [0.29, 0.717) is 25.0 Å². The Kier molecular flexibility index (Phi) is 5.61. The van der Waals surface area contributed by atoms with Crippen molar-refractivity contribution < 1.29 is 24.3 Å². The van der Waals surface area contributed by atoms with Crippen LogP contribution in [0, 0.1) is 11.8 Å². The summed E-state index contributed by atoms with van der Waals surface area (Å²) < 4.78 is 9.88. The number of oxime groups is 1. The molecule has 1 aliphatic rings. The maximum atomic E-state index is 11.9. The van der Waals surface area contributed by atoms with E-state index in [1.54, 1.807) is 13.8 Å². The topological polar surface area (TPSA) is 85.2 Å². The largest absolute Gasteiger partial charge is 0.466 e. The molecule has 0 aromatic heterocycles. The molecule has 6 heteroatoms. The van der Waals surface area contributed by atoms with Gasteiger partial charge in [0.25, 0.3) is 0 Å². The van der Waals surface area contributed by atoms with Crippen molar-refractivity contribution in [2.75, 3.05) is 13.2 Å². The summed E-state index contributed by atoms with van der Waals surface area (Å²) in [5, 5.41) is 12.1. The van der Waals surface area contributed by atoms with E-state index in [0.717, 1.165) is 0 Å². The summed E-state index contributed by atoms with van der Waals surface area (Å²) in [6.07, 6.45) is 1.73. The predicted molar refractivity (Wildman–Crippen MR) is 63.3 cm³/mol. The van der Waals surface area contributed by atoms with Crippen molar-refractivity contribution in [1.82, 2.24) is 0 Å². The smallest absolute Gasteiger partial charge is 0.315 e. The van der Waals surface area contributed by atoms with Crippen molar-refractivity contribution >= 4 is 17.7 Å².